The SMILES string of the molecule is COc1ccc2[nH]c3c(c2c1)CC1c2cc4sccc4cc2CCN1C3c1ccc(F)cc1. The summed E-state index contributed by atoms with van der Waals surface area (Å²) in [5.74, 6) is 0.672. The summed E-state index contributed by atoms with van der Waals surface area (Å²) in [5.41, 5.74) is 7.72. The summed E-state index contributed by atoms with van der Waals surface area (Å²) in [4.78, 5) is 6.34. The van der Waals surface area contributed by atoms with Crippen molar-refractivity contribution in [2.24, 2.45) is 0 Å². The Morgan fingerprint density at radius 1 is 1.06 bits per heavy atom. The standard InChI is InChI=1S/C28H23FN2OS/c1-32-20-6-7-24-22(13-20)23-14-25-21-15-26-18(9-11-33-26)12-17(21)8-10-31(25)28(27(23)30-24)16-2-4-19(29)5-3-16/h2-7,9,11-13,15,25,28,30H,8,10,14H2,1H3. The van der Waals surface area contributed by atoms with Crippen LogP contribution in [0.5, 0.6) is 5.75 Å². The third-order valence-electron chi connectivity index (χ3n) is 7.45. The Balaban J connectivity index is 1.46. The van der Waals surface area contributed by atoms with Crippen molar-refractivity contribution in [3.8, 4) is 5.75 Å². The first-order chi connectivity index (χ1) is 16.2. The van der Waals surface area contributed by atoms with Crippen LogP contribution in [0, 0.1) is 5.82 Å². The van der Waals surface area contributed by atoms with Crippen LogP contribution >= 0.6 is 11.3 Å². The van der Waals surface area contributed by atoms with Crippen molar-refractivity contribution in [2.45, 2.75) is 24.9 Å². The summed E-state index contributed by atoms with van der Waals surface area (Å²) >= 11 is 1.81. The van der Waals surface area contributed by atoms with Crippen molar-refractivity contribution in [1.82, 2.24) is 9.88 Å². The lowest BCUT2D eigenvalue weighted by atomic mass is 9.80. The fraction of sp³-hybridized carbons (Fsp3) is 0.214. The molecule has 0 bridgehead atoms. The topological polar surface area (TPSA) is 28.3 Å². The van der Waals surface area contributed by atoms with Crippen molar-refractivity contribution in [3.05, 3.63) is 99.8 Å². The van der Waals surface area contributed by atoms with Crippen molar-refractivity contribution < 1.29 is 9.13 Å². The van der Waals surface area contributed by atoms with E-state index in [1.54, 1.807) is 19.2 Å². The Morgan fingerprint density at radius 3 is 2.79 bits per heavy atom. The van der Waals surface area contributed by atoms with Crippen molar-refractivity contribution >= 4 is 32.3 Å². The fourth-order valence-electron chi connectivity index (χ4n) is 5.91. The van der Waals surface area contributed by atoms with E-state index in [0.29, 0.717) is 0 Å². The molecule has 164 valence electrons. The van der Waals surface area contributed by atoms with Gasteiger partial charge in [0.2, 0.25) is 0 Å². The summed E-state index contributed by atoms with van der Waals surface area (Å²) in [5, 5.41) is 4.75. The Labute approximate surface area is 195 Å². The monoisotopic (exact) mass is 454 g/mol. The summed E-state index contributed by atoms with van der Waals surface area (Å²) in [6, 6.07) is 20.7. The fourth-order valence-corrected chi connectivity index (χ4v) is 6.73. The molecular weight excluding hydrogens is 431 g/mol. The van der Waals surface area contributed by atoms with Gasteiger partial charge in [0.05, 0.1) is 13.2 Å². The number of nitrogens with zero attached hydrogens (tertiary/aromatic N) is 1. The van der Waals surface area contributed by atoms with E-state index in [2.05, 4.69) is 45.6 Å². The minimum Gasteiger partial charge on any atom is -0.497 e. The maximum atomic E-state index is 13.8. The zero-order valence-corrected chi connectivity index (χ0v) is 19.1. The lowest BCUT2D eigenvalue weighted by molar-refractivity contribution is 0.128. The molecule has 2 unspecified atom stereocenters. The second kappa shape index (κ2) is 7.17. The van der Waals surface area contributed by atoms with E-state index in [-0.39, 0.29) is 17.9 Å². The van der Waals surface area contributed by atoms with Gasteiger partial charge in [-0.05, 0) is 94.4 Å². The van der Waals surface area contributed by atoms with Crippen molar-refractivity contribution in [1.29, 1.82) is 0 Å². The van der Waals surface area contributed by atoms with Crippen LogP contribution in [-0.4, -0.2) is 23.5 Å². The highest BCUT2D eigenvalue weighted by atomic mass is 32.1. The molecule has 0 spiro atoms. The lowest BCUT2D eigenvalue weighted by Gasteiger charge is -2.46. The van der Waals surface area contributed by atoms with Gasteiger partial charge in [-0.1, -0.05) is 12.1 Å². The van der Waals surface area contributed by atoms with Gasteiger partial charge in [-0.2, -0.15) is 0 Å². The molecule has 2 atom stereocenters. The first-order valence-corrected chi connectivity index (χ1v) is 12.3. The number of fused-ring (bicyclic) bond motifs is 7. The van der Waals surface area contributed by atoms with Gasteiger partial charge in [0.15, 0.2) is 0 Å². The van der Waals surface area contributed by atoms with Crippen LogP contribution in [-0.2, 0) is 12.8 Å². The summed E-state index contributed by atoms with van der Waals surface area (Å²) in [6.45, 7) is 0.980. The van der Waals surface area contributed by atoms with Gasteiger partial charge in [0, 0.05) is 33.9 Å². The molecule has 7 rings (SSSR count). The number of ether oxygens (including phenoxy) is 1. The zero-order valence-electron chi connectivity index (χ0n) is 18.3. The van der Waals surface area contributed by atoms with Crippen LogP contribution in [0.25, 0.3) is 21.0 Å². The largest absolute Gasteiger partial charge is 0.497 e. The normalized spacial score (nSPS) is 19.9. The minimum absolute atomic E-state index is 0.0601. The highest BCUT2D eigenvalue weighted by Gasteiger charge is 2.41. The smallest absolute Gasteiger partial charge is 0.123 e. The molecule has 1 N–H and O–H groups in total. The Hall–Kier alpha value is -3.15. The molecule has 0 saturated heterocycles. The average Bonchev–Trinajstić information content (AvgIpc) is 3.45. The number of aromatic nitrogens is 1. The van der Waals surface area contributed by atoms with Crippen molar-refractivity contribution in [3.63, 3.8) is 0 Å². The number of H-pyrrole nitrogens is 1. The van der Waals surface area contributed by atoms with Gasteiger partial charge in [-0.25, -0.2) is 4.39 Å². The first kappa shape index (κ1) is 19.3. The van der Waals surface area contributed by atoms with Gasteiger partial charge >= 0.3 is 0 Å². The van der Waals surface area contributed by atoms with Crippen LogP contribution in [0.4, 0.5) is 4.39 Å². The molecule has 0 saturated carbocycles. The third-order valence-corrected chi connectivity index (χ3v) is 8.33. The van der Waals surface area contributed by atoms with Crippen LogP contribution < -0.4 is 4.74 Å². The van der Waals surface area contributed by atoms with Crippen LogP contribution in [0.15, 0.2) is 66.0 Å². The highest BCUT2D eigenvalue weighted by molar-refractivity contribution is 7.17. The third kappa shape index (κ3) is 2.89. The number of rotatable bonds is 2. The van der Waals surface area contributed by atoms with Crippen LogP contribution in [0.1, 0.15) is 40.0 Å². The zero-order chi connectivity index (χ0) is 22.1. The molecule has 33 heavy (non-hydrogen) atoms. The van der Waals surface area contributed by atoms with Gasteiger partial charge < -0.3 is 9.72 Å². The van der Waals surface area contributed by atoms with E-state index >= 15 is 0 Å². The van der Waals surface area contributed by atoms with Crippen molar-refractivity contribution in [2.75, 3.05) is 13.7 Å². The van der Waals surface area contributed by atoms with Crippen LogP contribution in [0.2, 0.25) is 0 Å². The van der Waals surface area contributed by atoms with E-state index in [1.165, 1.54) is 37.9 Å². The molecule has 4 heterocycles. The minimum atomic E-state index is -0.197. The number of benzene rings is 3. The maximum Gasteiger partial charge on any atom is 0.123 e. The highest BCUT2D eigenvalue weighted by Crippen LogP contribution is 2.49. The number of nitrogens with one attached hydrogen (secondary N) is 1. The van der Waals surface area contributed by atoms with Gasteiger partial charge in [-0.3, -0.25) is 4.90 Å². The van der Waals surface area contributed by atoms with Crippen LogP contribution in [0.3, 0.4) is 0 Å². The van der Waals surface area contributed by atoms with E-state index < -0.39 is 0 Å². The lowest BCUT2D eigenvalue weighted by Crippen LogP contribution is -2.43. The molecule has 0 amide bonds. The van der Waals surface area contributed by atoms with E-state index in [0.717, 1.165) is 36.2 Å². The Kier molecular flexibility index (Phi) is 4.20. The number of aromatic amines is 1. The second-order valence-electron chi connectivity index (χ2n) is 9.10. The summed E-state index contributed by atoms with van der Waals surface area (Å²) < 4.78 is 20.7. The van der Waals surface area contributed by atoms with E-state index in [9.17, 15) is 4.39 Å². The Morgan fingerprint density at radius 2 is 1.94 bits per heavy atom. The predicted octanol–water partition coefficient (Wildman–Crippen LogP) is 6.78. The summed E-state index contributed by atoms with van der Waals surface area (Å²) in [6.07, 6.45) is 1.97. The molecule has 5 aromatic rings. The maximum absolute atomic E-state index is 13.8. The van der Waals surface area contributed by atoms with Gasteiger partial charge in [0.1, 0.15) is 11.6 Å². The number of thiophene rings is 1. The first-order valence-electron chi connectivity index (χ1n) is 11.4. The molecule has 3 nitrogen and oxygen atoms in total. The van der Waals surface area contributed by atoms with E-state index in [4.69, 9.17) is 4.74 Å². The quantitative estimate of drug-likeness (QED) is 0.319. The summed E-state index contributed by atoms with van der Waals surface area (Å²) in [7, 11) is 1.72. The predicted molar refractivity (Wildman–Crippen MR) is 132 cm³/mol. The number of methoxy groups -OCH3 is 1. The molecule has 0 fully saturated rings. The average molecular weight is 455 g/mol. The molecule has 2 aliphatic heterocycles. The van der Waals surface area contributed by atoms with E-state index in [1.807, 2.05) is 29.5 Å². The Bertz CT molecular complexity index is 1520. The molecular formula is C28H23FN2OS. The number of hydrogen-bond acceptors (Lipinski definition) is 3. The molecule has 2 aliphatic rings. The molecule has 0 radical (unpaired) electrons. The molecule has 3 aromatic carbocycles. The molecule has 0 aliphatic carbocycles. The molecule has 5 heteroatoms. The second-order valence-corrected chi connectivity index (χ2v) is 10.0. The van der Waals surface area contributed by atoms with Gasteiger partial charge in [0.25, 0.3) is 0 Å². The molecule has 2 aromatic heterocycles. The number of halogens is 1. The van der Waals surface area contributed by atoms with Gasteiger partial charge in [-0.15, -0.1) is 11.3 Å². The number of hydrogen-bond donors (Lipinski definition) is 1.